The van der Waals surface area contributed by atoms with Crippen molar-refractivity contribution in [1.82, 2.24) is 0 Å². The standard InChI is InChI=1S/C18H18BrFO5/c1-22-13-6-5-10(7-12(13)21)17(20)16(19)11-8-14(23-2)18(25-4)15(9-11)24-3/h5-9,21H,1-4H3/b17-16-. The summed E-state index contributed by atoms with van der Waals surface area (Å²) in [5.74, 6) is 0.767. The summed E-state index contributed by atoms with van der Waals surface area (Å²) in [6.07, 6.45) is 0. The highest BCUT2D eigenvalue weighted by Gasteiger charge is 2.18. The maximum atomic E-state index is 14.9. The number of hydrogen-bond donors (Lipinski definition) is 1. The number of methoxy groups -OCH3 is 4. The van der Waals surface area contributed by atoms with Crippen LogP contribution in [0.25, 0.3) is 10.3 Å². The van der Waals surface area contributed by atoms with Gasteiger partial charge >= 0.3 is 0 Å². The van der Waals surface area contributed by atoms with Gasteiger partial charge in [0.05, 0.1) is 32.9 Å². The number of halogens is 2. The third kappa shape index (κ3) is 3.82. The van der Waals surface area contributed by atoms with Crippen LogP contribution in [0, 0.1) is 0 Å². The zero-order valence-electron chi connectivity index (χ0n) is 14.2. The topological polar surface area (TPSA) is 57.2 Å². The van der Waals surface area contributed by atoms with Gasteiger partial charge in [0.15, 0.2) is 23.0 Å². The summed E-state index contributed by atoms with van der Waals surface area (Å²) >= 11 is 3.26. The van der Waals surface area contributed by atoms with E-state index < -0.39 is 5.83 Å². The Hall–Kier alpha value is -2.41. The van der Waals surface area contributed by atoms with Crippen LogP contribution in [0.15, 0.2) is 30.3 Å². The third-order valence-electron chi connectivity index (χ3n) is 3.54. The first-order valence-electron chi connectivity index (χ1n) is 7.19. The van der Waals surface area contributed by atoms with E-state index in [0.29, 0.717) is 22.8 Å². The van der Waals surface area contributed by atoms with E-state index >= 15 is 0 Å². The van der Waals surface area contributed by atoms with E-state index in [9.17, 15) is 9.50 Å². The Kier molecular flexibility index (Phi) is 6.14. The number of hydrogen-bond acceptors (Lipinski definition) is 5. The van der Waals surface area contributed by atoms with E-state index in [1.807, 2.05) is 0 Å². The highest BCUT2D eigenvalue weighted by Crippen LogP contribution is 2.43. The summed E-state index contributed by atoms with van der Waals surface area (Å²) in [5.41, 5.74) is 0.682. The molecule has 5 nitrogen and oxygen atoms in total. The fraction of sp³-hybridized carbons (Fsp3) is 0.222. The van der Waals surface area contributed by atoms with Crippen LogP contribution in [0.2, 0.25) is 0 Å². The Morgan fingerprint density at radius 2 is 1.40 bits per heavy atom. The summed E-state index contributed by atoms with van der Waals surface area (Å²) < 4.78 is 35.8. The molecule has 0 saturated carbocycles. The number of ether oxygens (including phenoxy) is 4. The van der Waals surface area contributed by atoms with Crippen LogP contribution in [0.5, 0.6) is 28.7 Å². The van der Waals surface area contributed by atoms with Crippen LogP contribution in [-0.4, -0.2) is 33.5 Å². The van der Waals surface area contributed by atoms with Gasteiger partial charge in [0.1, 0.15) is 5.83 Å². The molecule has 7 heteroatoms. The Labute approximate surface area is 153 Å². The Balaban J connectivity index is 2.56. The molecule has 2 rings (SSSR count). The molecule has 0 saturated heterocycles. The zero-order valence-corrected chi connectivity index (χ0v) is 15.8. The summed E-state index contributed by atoms with van der Waals surface area (Å²) in [4.78, 5) is 0. The van der Waals surface area contributed by atoms with Gasteiger partial charge in [-0.25, -0.2) is 4.39 Å². The van der Waals surface area contributed by atoms with Gasteiger partial charge in [-0.15, -0.1) is 0 Å². The molecule has 0 radical (unpaired) electrons. The molecule has 2 aromatic carbocycles. The monoisotopic (exact) mass is 412 g/mol. The van der Waals surface area contributed by atoms with Crippen molar-refractivity contribution in [3.05, 3.63) is 41.5 Å². The Morgan fingerprint density at radius 3 is 1.84 bits per heavy atom. The molecule has 0 aromatic heterocycles. The minimum Gasteiger partial charge on any atom is -0.504 e. The zero-order chi connectivity index (χ0) is 18.6. The van der Waals surface area contributed by atoms with Gasteiger partial charge in [-0.2, -0.15) is 0 Å². The van der Waals surface area contributed by atoms with Crippen LogP contribution in [0.4, 0.5) is 4.39 Å². The van der Waals surface area contributed by atoms with Crippen molar-refractivity contribution < 1.29 is 28.4 Å². The lowest BCUT2D eigenvalue weighted by molar-refractivity contribution is 0.324. The van der Waals surface area contributed by atoms with Crippen LogP contribution in [0.1, 0.15) is 11.1 Å². The van der Waals surface area contributed by atoms with Gasteiger partial charge in [-0.3, -0.25) is 0 Å². The second kappa shape index (κ2) is 8.11. The van der Waals surface area contributed by atoms with Crippen LogP contribution < -0.4 is 18.9 Å². The average molecular weight is 413 g/mol. The van der Waals surface area contributed by atoms with Crippen LogP contribution in [0.3, 0.4) is 0 Å². The molecule has 2 aromatic rings. The first kappa shape index (κ1) is 18.9. The van der Waals surface area contributed by atoms with Crippen LogP contribution in [-0.2, 0) is 0 Å². The minimum atomic E-state index is -0.563. The molecule has 1 N–H and O–H groups in total. The molecule has 0 aliphatic heterocycles. The van der Waals surface area contributed by atoms with Crippen molar-refractivity contribution >= 4 is 26.2 Å². The molecule has 0 amide bonds. The first-order valence-corrected chi connectivity index (χ1v) is 7.99. The molecule has 0 aliphatic rings. The van der Waals surface area contributed by atoms with E-state index in [1.165, 1.54) is 46.6 Å². The molecule has 0 atom stereocenters. The van der Waals surface area contributed by atoms with Gasteiger partial charge in [-0.1, -0.05) is 0 Å². The first-order chi connectivity index (χ1) is 12.0. The van der Waals surface area contributed by atoms with E-state index in [4.69, 9.17) is 18.9 Å². The van der Waals surface area contributed by atoms with Crippen LogP contribution >= 0.6 is 15.9 Å². The maximum absolute atomic E-state index is 14.9. The molecule has 0 unspecified atom stereocenters. The fourth-order valence-electron chi connectivity index (χ4n) is 2.29. The fourth-order valence-corrected chi connectivity index (χ4v) is 2.75. The molecule has 0 aliphatic carbocycles. The van der Waals surface area contributed by atoms with Crippen molar-refractivity contribution in [2.24, 2.45) is 0 Å². The lowest BCUT2D eigenvalue weighted by atomic mass is 10.1. The number of benzene rings is 2. The maximum Gasteiger partial charge on any atom is 0.203 e. The lowest BCUT2D eigenvalue weighted by Crippen LogP contribution is -1.96. The van der Waals surface area contributed by atoms with Gasteiger partial charge in [0, 0.05) is 5.56 Å². The molecule has 0 heterocycles. The van der Waals surface area contributed by atoms with Crippen molar-refractivity contribution in [3.63, 3.8) is 0 Å². The highest BCUT2D eigenvalue weighted by atomic mass is 79.9. The second-order valence-corrected chi connectivity index (χ2v) is 5.72. The summed E-state index contributed by atoms with van der Waals surface area (Å²) in [5, 5.41) is 9.84. The van der Waals surface area contributed by atoms with Crippen molar-refractivity contribution in [1.29, 1.82) is 0 Å². The van der Waals surface area contributed by atoms with E-state index in [0.717, 1.165) is 0 Å². The smallest absolute Gasteiger partial charge is 0.203 e. The van der Waals surface area contributed by atoms with Crippen molar-refractivity contribution in [3.8, 4) is 28.7 Å². The summed E-state index contributed by atoms with van der Waals surface area (Å²) in [6, 6.07) is 7.52. The molecule has 0 fully saturated rings. The van der Waals surface area contributed by atoms with E-state index in [2.05, 4.69) is 15.9 Å². The molecular formula is C18H18BrFO5. The SMILES string of the molecule is COc1ccc(/C(F)=C(/Br)c2cc(OC)c(OC)c(OC)c2)cc1O. The lowest BCUT2D eigenvalue weighted by Gasteiger charge is -2.14. The molecule has 25 heavy (non-hydrogen) atoms. The molecule has 0 bridgehead atoms. The molecule has 0 spiro atoms. The molecule has 134 valence electrons. The number of phenols is 1. The largest absolute Gasteiger partial charge is 0.504 e. The predicted octanol–water partition coefficient (Wildman–Crippen LogP) is 4.62. The number of rotatable bonds is 6. The summed E-state index contributed by atoms with van der Waals surface area (Å²) in [7, 11) is 5.88. The van der Waals surface area contributed by atoms with E-state index in [-0.39, 0.29) is 21.5 Å². The van der Waals surface area contributed by atoms with Gasteiger partial charge < -0.3 is 24.1 Å². The predicted molar refractivity (Wildman–Crippen MR) is 97.6 cm³/mol. The average Bonchev–Trinajstić information content (AvgIpc) is 2.65. The summed E-state index contributed by atoms with van der Waals surface area (Å²) in [6.45, 7) is 0. The number of phenolic OH excluding ortho intramolecular Hbond substituents is 1. The quantitative estimate of drug-likeness (QED) is 0.701. The highest BCUT2D eigenvalue weighted by molar-refractivity contribution is 9.15. The Bertz CT molecular complexity index is 779. The second-order valence-electron chi connectivity index (χ2n) is 4.93. The van der Waals surface area contributed by atoms with Crippen molar-refractivity contribution in [2.45, 2.75) is 0 Å². The van der Waals surface area contributed by atoms with Gasteiger partial charge in [0.2, 0.25) is 5.75 Å². The van der Waals surface area contributed by atoms with Gasteiger partial charge in [0.25, 0.3) is 0 Å². The molecular weight excluding hydrogens is 395 g/mol. The normalized spacial score (nSPS) is 11.6. The van der Waals surface area contributed by atoms with Crippen molar-refractivity contribution in [2.75, 3.05) is 28.4 Å². The van der Waals surface area contributed by atoms with Gasteiger partial charge in [-0.05, 0) is 51.8 Å². The van der Waals surface area contributed by atoms with E-state index in [1.54, 1.807) is 12.1 Å². The number of aromatic hydroxyl groups is 1. The third-order valence-corrected chi connectivity index (χ3v) is 4.35. The minimum absolute atomic E-state index is 0.152. The Morgan fingerprint density at radius 1 is 0.840 bits per heavy atom.